The van der Waals surface area contributed by atoms with Gasteiger partial charge in [-0.25, -0.2) is 0 Å². The Hall–Kier alpha value is -2.15. The Bertz CT molecular complexity index is 562. The Kier molecular flexibility index (Phi) is 6.10. The lowest BCUT2D eigenvalue weighted by Crippen LogP contribution is -2.40. The first kappa shape index (κ1) is 16.9. The van der Waals surface area contributed by atoms with Gasteiger partial charge in [-0.3, -0.25) is 19.7 Å². The molecule has 1 aromatic carbocycles. The highest BCUT2D eigenvalue weighted by Gasteiger charge is 2.21. The number of carbonyl (C=O) groups excluding carboxylic acids is 2. The van der Waals surface area contributed by atoms with E-state index in [9.17, 15) is 19.7 Å². The van der Waals surface area contributed by atoms with Crippen LogP contribution in [0.4, 0.5) is 5.69 Å². The van der Waals surface area contributed by atoms with Crippen molar-refractivity contribution < 1.29 is 14.5 Å². The summed E-state index contributed by atoms with van der Waals surface area (Å²) in [4.78, 5) is 35.3. The van der Waals surface area contributed by atoms with E-state index in [2.05, 4.69) is 5.32 Å². The molecule has 7 nitrogen and oxygen atoms in total. The number of hydrogen-bond acceptors (Lipinski definition) is 4. The van der Waals surface area contributed by atoms with Crippen LogP contribution in [0.5, 0.6) is 0 Å². The summed E-state index contributed by atoms with van der Waals surface area (Å²) in [6.07, 6.45) is 0. The summed E-state index contributed by atoms with van der Waals surface area (Å²) < 4.78 is 0. The van der Waals surface area contributed by atoms with E-state index in [0.29, 0.717) is 13.1 Å². The second-order valence-electron chi connectivity index (χ2n) is 4.20. The third kappa shape index (κ3) is 4.42. The van der Waals surface area contributed by atoms with E-state index in [0.717, 1.165) is 6.07 Å². The molecule has 21 heavy (non-hydrogen) atoms. The van der Waals surface area contributed by atoms with Crippen molar-refractivity contribution in [1.82, 2.24) is 10.2 Å². The minimum absolute atomic E-state index is 0.0386. The van der Waals surface area contributed by atoms with Crippen LogP contribution in [0.3, 0.4) is 0 Å². The van der Waals surface area contributed by atoms with Gasteiger partial charge in [-0.15, -0.1) is 0 Å². The molecule has 0 aliphatic rings. The highest BCUT2D eigenvalue weighted by Crippen LogP contribution is 2.25. The zero-order valence-corrected chi connectivity index (χ0v) is 12.5. The van der Waals surface area contributed by atoms with Gasteiger partial charge in [0, 0.05) is 24.7 Å². The summed E-state index contributed by atoms with van der Waals surface area (Å²) in [7, 11) is 0. The van der Waals surface area contributed by atoms with Crippen molar-refractivity contribution in [2.75, 3.05) is 19.6 Å². The van der Waals surface area contributed by atoms with Gasteiger partial charge in [-0.05, 0) is 26.0 Å². The van der Waals surface area contributed by atoms with Crippen molar-refractivity contribution >= 4 is 29.1 Å². The van der Waals surface area contributed by atoms with Crippen LogP contribution < -0.4 is 5.32 Å². The Morgan fingerprint density at radius 1 is 1.38 bits per heavy atom. The molecule has 0 saturated carbocycles. The first-order valence-electron chi connectivity index (χ1n) is 6.40. The third-order valence-electron chi connectivity index (χ3n) is 2.77. The van der Waals surface area contributed by atoms with Crippen molar-refractivity contribution in [2.45, 2.75) is 13.8 Å². The number of likely N-dealkylation sites (N-methyl/N-ethyl adjacent to an activating group) is 2. The van der Waals surface area contributed by atoms with E-state index in [4.69, 9.17) is 11.6 Å². The second kappa shape index (κ2) is 7.58. The average Bonchev–Trinajstić information content (AvgIpc) is 2.44. The summed E-state index contributed by atoms with van der Waals surface area (Å²) in [5.74, 6) is -0.736. The fourth-order valence-corrected chi connectivity index (χ4v) is 1.91. The van der Waals surface area contributed by atoms with E-state index in [-0.39, 0.29) is 28.7 Å². The van der Waals surface area contributed by atoms with Crippen molar-refractivity contribution in [1.29, 1.82) is 0 Å². The van der Waals surface area contributed by atoms with Gasteiger partial charge < -0.3 is 10.2 Å². The molecule has 1 N–H and O–H groups in total. The maximum absolute atomic E-state index is 12.3. The molecule has 8 heteroatoms. The molecule has 0 radical (unpaired) electrons. The van der Waals surface area contributed by atoms with Gasteiger partial charge in [0.15, 0.2) is 0 Å². The lowest BCUT2D eigenvalue weighted by atomic mass is 10.1. The van der Waals surface area contributed by atoms with Gasteiger partial charge in [0.2, 0.25) is 5.91 Å². The number of carbonyl (C=O) groups is 2. The molecule has 0 saturated heterocycles. The molecule has 0 fully saturated rings. The van der Waals surface area contributed by atoms with Crippen molar-refractivity contribution in [2.24, 2.45) is 0 Å². The van der Waals surface area contributed by atoms with Crippen molar-refractivity contribution in [3.63, 3.8) is 0 Å². The van der Waals surface area contributed by atoms with Crippen LogP contribution in [-0.2, 0) is 4.79 Å². The molecule has 0 aromatic heterocycles. The van der Waals surface area contributed by atoms with Crippen molar-refractivity contribution in [3.8, 4) is 0 Å². The minimum atomic E-state index is -0.654. The first-order chi connectivity index (χ1) is 9.90. The monoisotopic (exact) mass is 313 g/mol. The number of nitro benzene ring substituents is 1. The number of benzene rings is 1. The van der Waals surface area contributed by atoms with E-state index >= 15 is 0 Å². The third-order valence-corrected chi connectivity index (χ3v) is 3.09. The van der Waals surface area contributed by atoms with Crippen LogP contribution in [0.2, 0.25) is 5.02 Å². The van der Waals surface area contributed by atoms with Crippen LogP contribution in [0.15, 0.2) is 18.2 Å². The van der Waals surface area contributed by atoms with E-state index < -0.39 is 10.8 Å². The quantitative estimate of drug-likeness (QED) is 0.640. The van der Waals surface area contributed by atoms with Crippen LogP contribution in [-0.4, -0.2) is 41.3 Å². The Morgan fingerprint density at radius 2 is 2.05 bits per heavy atom. The molecular formula is C13H16ClN3O4. The van der Waals surface area contributed by atoms with Gasteiger partial charge in [-0.2, -0.15) is 0 Å². The summed E-state index contributed by atoms with van der Waals surface area (Å²) in [6, 6.07) is 3.82. The normalized spacial score (nSPS) is 10.0. The second-order valence-corrected chi connectivity index (χ2v) is 4.60. The fraction of sp³-hybridized carbons (Fsp3) is 0.385. The van der Waals surface area contributed by atoms with E-state index in [1.807, 2.05) is 0 Å². The molecule has 0 spiro atoms. The Balaban J connectivity index is 2.97. The van der Waals surface area contributed by atoms with E-state index in [1.54, 1.807) is 13.8 Å². The number of halogens is 1. The van der Waals surface area contributed by atoms with Crippen LogP contribution in [0.1, 0.15) is 24.2 Å². The number of hydrogen-bond donors (Lipinski definition) is 1. The molecule has 0 bridgehead atoms. The molecule has 0 aliphatic carbocycles. The average molecular weight is 314 g/mol. The highest BCUT2D eigenvalue weighted by molar-refractivity contribution is 6.32. The molecule has 0 atom stereocenters. The first-order valence-corrected chi connectivity index (χ1v) is 6.78. The van der Waals surface area contributed by atoms with Gasteiger partial charge in [0.25, 0.3) is 11.6 Å². The smallest absolute Gasteiger partial charge is 0.288 e. The zero-order valence-electron chi connectivity index (χ0n) is 11.8. The summed E-state index contributed by atoms with van der Waals surface area (Å²) in [5.41, 5.74) is -0.214. The number of amides is 2. The highest BCUT2D eigenvalue weighted by atomic mass is 35.5. The maximum Gasteiger partial charge on any atom is 0.288 e. The molecule has 0 aliphatic heterocycles. The number of nitro groups is 1. The van der Waals surface area contributed by atoms with Gasteiger partial charge >= 0.3 is 0 Å². The summed E-state index contributed by atoms with van der Waals surface area (Å²) in [6.45, 7) is 4.18. The Morgan fingerprint density at radius 3 is 2.57 bits per heavy atom. The van der Waals surface area contributed by atoms with Gasteiger partial charge in [0.1, 0.15) is 5.02 Å². The number of nitrogens with one attached hydrogen (secondary N) is 1. The fourth-order valence-electron chi connectivity index (χ4n) is 1.72. The molecule has 114 valence electrons. The predicted molar refractivity (Wildman–Crippen MR) is 78.4 cm³/mol. The van der Waals surface area contributed by atoms with Gasteiger partial charge in [0.05, 0.1) is 11.5 Å². The molecule has 2 amide bonds. The number of nitrogens with zero attached hydrogens (tertiary/aromatic N) is 2. The lowest BCUT2D eigenvalue weighted by molar-refractivity contribution is -0.384. The molecular weight excluding hydrogens is 298 g/mol. The predicted octanol–water partition coefficient (Wildman–Crippen LogP) is 1.85. The Labute approximate surface area is 127 Å². The summed E-state index contributed by atoms with van der Waals surface area (Å²) in [5, 5.41) is 13.4. The largest absolute Gasteiger partial charge is 0.355 e. The van der Waals surface area contributed by atoms with Gasteiger partial charge in [-0.1, -0.05) is 11.6 Å². The number of rotatable bonds is 6. The molecule has 0 heterocycles. The lowest BCUT2D eigenvalue weighted by Gasteiger charge is -2.20. The standard InChI is InChI=1S/C13H16ClN3O4/c1-3-15-12(18)8-16(4-2)13(19)9-5-6-10(14)11(7-9)17(20)21/h5-7H,3-4,8H2,1-2H3,(H,15,18). The molecule has 0 unspecified atom stereocenters. The van der Waals surface area contributed by atoms with Crippen LogP contribution in [0.25, 0.3) is 0 Å². The van der Waals surface area contributed by atoms with E-state index in [1.165, 1.54) is 17.0 Å². The van der Waals surface area contributed by atoms with Crippen molar-refractivity contribution in [3.05, 3.63) is 38.9 Å². The molecule has 1 rings (SSSR count). The minimum Gasteiger partial charge on any atom is -0.355 e. The van der Waals surface area contributed by atoms with Crippen LogP contribution >= 0.6 is 11.6 Å². The zero-order chi connectivity index (χ0) is 16.0. The molecule has 1 aromatic rings. The summed E-state index contributed by atoms with van der Waals surface area (Å²) >= 11 is 5.70. The topological polar surface area (TPSA) is 92.6 Å². The SMILES string of the molecule is CCNC(=O)CN(CC)C(=O)c1ccc(Cl)c([N+](=O)[O-])c1. The van der Waals surface area contributed by atoms with Crippen LogP contribution in [0, 0.1) is 10.1 Å². The maximum atomic E-state index is 12.3.